The van der Waals surface area contributed by atoms with Gasteiger partial charge in [0.1, 0.15) is 0 Å². The first-order valence-electron chi connectivity index (χ1n) is 4.23. The van der Waals surface area contributed by atoms with Crippen LogP contribution in [0.3, 0.4) is 0 Å². The third kappa shape index (κ3) is 3.20. The highest BCUT2D eigenvalue weighted by Gasteiger charge is 2.09. The molecule has 0 N–H and O–H groups in total. The molecule has 1 aromatic carbocycles. The molecule has 1 aromatic rings. The lowest BCUT2D eigenvalue weighted by atomic mass is 10.3. The summed E-state index contributed by atoms with van der Waals surface area (Å²) in [6, 6.07) is 9.58. The van der Waals surface area contributed by atoms with Crippen molar-refractivity contribution in [2.24, 2.45) is 0 Å². The summed E-state index contributed by atoms with van der Waals surface area (Å²) in [5.41, 5.74) is 0.915. The SMILES string of the molecule is CN(C(=O)CS(C)=S)c1ccccc1. The van der Waals surface area contributed by atoms with E-state index in [1.807, 2.05) is 36.6 Å². The van der Waals surface area contributed by atoms with Crippen molar-refractivity contribution in [2.45, 2.75) is 0 Å². The molecule has 4 heteroatoms. The number of carbonyl (C=O) groups is 1. The van der Waals surface area contributed by atoms with Crippen LogP contribution in [0.1, 0.15) is 0 Å². The second-order valence-corrected chi connectivity index (χ2v) is 6.15. The molecule has 0 aromatic heterocycles. The van der Waals surface area contributed by atoms with Crippen LogP contribution < -0.4 is 4.90 Å². The van der Waals surface area contributed by atoms with E-state index in [9.17, 15) is 4.79 Å². The number of para-hydroxylation sites is 1. The van der Waals surface area contributed by atoms with Crippen LogP contribution in [0.2, 0.25) is 0 Å². The Morgan fingerprint density at radius 2 is 2.00 bits per heavy atom. The molecular weight excluding hydrogens is 214 g/mol. The average Bonchev–Trinajstić information content (AvgIpc) is 2.17. The van der Waals surface area contributed by atoms with E-state index in [-0.39, 0.29) is 15.4 Å². The Kier molecular flexibility index (Phi) is 4.22. The number of rotatable bonds is 3. The molecule has 1 atom stereocenters. The van der Waals surface area contributed by atoms with Crippen molar-refractivity contribution < 1.29 is 4.79 Å². The summed E-state index contributed by atoms with van der Waals surface area (Å²) < 4.78 is 0. The molecule has 0 aliphatic rings. The summed E-state index contributed by atoms with van der Waals surface area (Å²) >= 11 is 5.00. The molecule has 0 radical (unpaired) electrons. The Morgan fingerprint density at radius 3 is 2.50 bits per heavy atom. The zero-order valence-electron chi connectivity index (χ0n) is 8.27. The summed E-state index contributed by atoms with van der Waals surface area (Å²) in [6.45, 7) is 0. The molecule has 1 rings (SSSR count). The quantitative estimate of drug-likeness (QED) is 0.777. The minimum absolute atomic E-state index is 0.0806. The van der Waals surface area contributed by atoms with Crippen molar-refractivity contribution in [1.82, 2.24) is 0 Å². The van der Waals surface area contributed by atoms with Crippen LogP contribution in [0, 0.1) is 0 Å². The van der Waals surface area contributed by atoms with Crippen LogP contribution in [-0.4, -0.2) is 25.0 Å². The predicted molar refractivity (Wildman–Crippen MR) is 65.4 cm³/mol. The highest BCUT2D eigenvalue weighted by molar-refractivity contribution is 8.28. The predicted octanol–water partition coefficient (Wildman–Crippen LogP) is 1.36. The van der Waals surface area contributed by atoms with Crippen LogP contribution in [0.4, 0.5) is 5.69 Å². The molecular formula is C10H13NOS2. The fourth-order valence-electron chi connectivity index (χ4n) is 1.07. The van der Waals surface area contributed by atoms with Gasteiger partial charge in [-0.25, -0.2) is 0 Å². The maximum Gasteiger partial charge on any atom is 0.237 e. The minimum Gasteiger partial charge on any atom is -0.315 e. The zero-order valence-corrected chi connectivity index (χ0v) is 9.90. The fourth-order valence-corrected chi connectivity index (χ4v) is 1.91. The number of nitrogens with zero attached hydrogens (tertiary/aromatic N) is 1. The lowest BCUT2D eigenvalue weighted by Gasteiger charge is -2.16. The fraction of sp³-hybridized carbons (Fsp3) is 0.300. The maximum absolute atomic E-state index is 11.6. The lowest BCUT2D eigenvalue weighted by Crippen LogP contribution is -2.30. The van der Waals surface area contributed by atoms with Gasteiger partial charge in [0.25, 0.3) is 0 Å². The van der Waals surface area contributed by atoms with Gasteiger partial charge in [0.05, 0.1) is 5.75 Å². The van der Waals surface area contributed by atoms with Gasteiger partial charge in [0.2, 0.25) is 5.91 Å². The number of amides is 1. The van der Waals surface area contributed by atoms with Crippen LogP contribution in [0.5, 0.6) is 0 Å². The summed E-state index contributed by atoms with van der Waals surface area (Å²) in [4.78, 5) is 13.3. The van der Waals surface area contributed by atoms with Gasteiger partial charge < -0.3 is 4.90 Å². The van der Waals surface area contributed by atoms with E-state index >= 15 is 0 Å². The Hall–Kier alpha value is -0.740. The van der Waals surface area contributed by atoms with Gasteiger partial charge in [0.15, 0.2) is 0 Å². The van der Waals surface area contributed by atoms with E-state index in [4.69, 9.17) is 11.2 Å². The van der Waals surface area contributed by atoms with E-state index in [0.717, 1.165) is 5.69 Å². The molecule has 76 valence electrons. The number of hydrogen-bond donors (Lipinski definition) is 0. The molecule has 14 heavy (non-hydrogen) atoms. The standard InChI is InChI=1S/C10H13NOS2/c1-11(10(12)8-14(2)13)9-6-4-3-5-7-9/h3-7H,8H2,1-2H3. The highest BCUT2D eigenvalue weighted by atomic mass is 32.8. The van der Waals surface area contributed by atoms with Crippen LogP contribution >= 0.6 is 0 Å². The normalized spacial score (nSPS) is 12.1. The average molecular weight is 227 g/mol. The second kappa shape index (κ2) is 5.22. The zero-order chi connectivity index (χ0) is 10.6. The Labute approximate surface area is 91.5 Å². The second-order valence-electron chi connectivity index (χ2n) is 3.01. The number of anilines is 1. The van der Waals surface area contributed by atoms with Crippen molar-refractivity contribution in [3.05, 3.63) is 30.3 Å². The van der Waals surface area contributed by atoms with E-state index < -0.39 is 0 Å². The van der Waals surface area contributed by atoms with Gasteiger partial charge in [-0.05, 0) is 18.4 Å². The van der Waals surface area contributed by atoms with Gasteiger partial charge in [-0.2, -0.15) is 0 Å². The molecule has 2 nitrogen and oxygen atoms in total. The number of benzene rings is 1. The molecule has 0 heterocycles. The van der Waals surface area contributed by atoms with Crippen molar-refractivity contribution in [1.29, 1.82) is 0 Å². The molecule has 0 aliphatic carbocycles. The van der Waals surface area contributed by atoms with Gasteiger partial charge in [-0.1, -0.05) is 29.4 Å². The van der Waals surface area contributed by atoms with E-state index in [1.165, 1.54) is 0 Å². The number of carbonyl (C=O) groups excluding carboxylic acids is 1. The molecule has 0 fully saturated rings. The van der Waals surface area contributed by atoms with E-state index in [0.29, 0.717) is 5.75 Å². The van der Waals surface area contributed by atoms with Crippen molar-refractivity contribution >= 4 is 32.2 Å². The molecule has 0 saturated carbocycles. The Bertz CT molecular complexity index is 337. The maximum atomic E-state index is 11.6. The third-order valence-electron chi connectivity index (χ3n) is 1.84. The van der Waals surface area contributed by atoms with Gasteiger partial charge in [-0.3, -0.25) is 4.79 Å². The first kappa shape index (κ1) is 11.3. The van der Waals surface area contributed by atoms with Gasteiger partial charge in [0, 0.05) is 12.7 Å². The Balaban J connectivity index is 2.71. The molecule has 0 spiro atoms. The largest absolute Gasteiger partial charge is 0.315 e. The van der Waals surface area contributed by atoms with E-state index in [1.54, 1.807) is 11.9 Å². The van der Waals surface area contributed by atoms with E-state index in [2.05, 4.69) is 0 Å². The highest BCUT2D eigenvalue weighted by Crippen LogP contribution is 2.10. The number of hydrogen-bond acceptors (Lipinski definition) is 2. The minimum atomic E-state index is -0.248. The summed E-state index contributed by atoms with van der Waals surface area (Å²) in [5, 5.41) is 0. The summed E-state index contributed by atoms with van der Waals surface area (Å²) in [7, 11) is 1.53. The summed E-state index contributed by atoms with van der Waals surface area (Å²) in [5.74, 6) is 0.526. The van der Waals surface area contributed by atoms with Crippen LogP contribution in [0.15, 0.2) is 30.3 Å². The molecule has 1 unspecified atom stereocenters. The molecule has 0 aliphatic heterocycles. The monoisotopic (exact) mass is 227 g/mol. The van der Waals surface area contributed by atoms with Crippen molar-refractivity contribution in [2.75, 3.05) is 24.0 Å². The summed E-state index contributed by atoms with van der Waals surface area (Å²) in [6.07, 6.45) is 1.89. The first-order chi connectivity index (χ1) is 6.61. The first-order valence-corrected chi connectivity index (χ1v) is 6.95. The molecule has 0 bridgehead atoms. The smallest absolute Gasteiger partial charge is 0.237 e. The van der Waals surface area contributed by atoms with Crippen molar-refractivity contribution in [3.63, 3.8) is 0 Å². The van der Waals surface area contributed by atoms with Crippen LogP contribution in [-0.2, 0) is 25.4 Å². The third-order valence-corrected chi connectivity index (χ3v) is 2.85. The molecule has 0 saturated heterocycles. The molecule has 1 amide bonds. The Morgan fingerprint density at radius 1 is 1.43 bits per heavy atom. The lowest BCUT2D eigenvalue weighted by molar-refractivity contribution is -0.115. The topological polar surface area (TPSA) is 20.3 Å². The van der Waals surface area contributed by atoms with Crippen LogP contribution in [0.25, 0.3) is 0 Å². The van der Waals surface area contributed by atoms with Gasteiger partial charge in [-0.15, -0.1) is 9.45 Å². The van der Waals surface area contributed by atoms with Crippen molar-refractivity contribution in [3.8, 4) is 0 Å². The van der Waals surface area contributed by atoms with Gasteiger partial charge >= 0.3 is 0 Å².